The second-order valence-corrected chi connectivity index (χ2v) is 10.4. The third-order valence-corrected chi connectivity index (χ3v) is 7.88. The van der Waals surface area contributed by atoms with Gasteiger partial charge < -0.3 is 19.1 Å². The lowest BCUT2D eigenvalue weighted by Gasteiger charge is -2.29. The van der Waals surface area contributed by atoms with E-state index < -0.39 is 0 Å². The molecule has 2 heterocycles. The first-order chi connectivity index (χ1) is 17.2. The largest absolute Gasteiger partial charge is 0.497 e. The van der Waals surface area contributed by atoms with Gasteiger partial charge in [0.25, 0.3) is 0 Å². The highest BCUT2D eigenvalue weighted by molar-refractivity contribution is 5.85. The van der Waals surface area contributed by atoms with E-state index in [-0.39, 0.29) is 6.10 Å². The van der Waals surface area contributed by atoms with Gasteiger partial charge in [-0.05, 0) is 73.1 Å². The van der Waals surface area contributed by atoms with Crippen LogP contribution in [0.3, 0.4) is 0 Å². The fourth-order valence-electron chi connectivity index (χ4n) is 5.76. The van der Waals surface area contributed by atoms with Gasteiger partial charge in [-0.2, -0.15) is 0 Å². The first-order valence-corrected chi connectivity index (χ1v) is 13.5. The minimum absolute atomic E-state index is 0.135. The van der Waals surface area contributed by atoms with Crippen molar-refractivity contribution < 1.29 is 14.6 Å². The van der Waals surface area contributed by atoms with E-state index in [1.54, 1.807) is 7.11 Å². The lowest BCUT2D eigenvalue weighted by molar-refractivity contribution is 0.0794. The molecule has 0 spiro atoms. The Morgan fingerprint density at radius 1 is 0.914 bits per heavy atom. The van der Waals surface area contributed by atoms with Crippen LogP contribution >= 0.6 is 0 Å². The average Bonchev–Trinajstić information content (AvgIpc) is 3.22. The Bertz CT molecular complexity index is 1080. The number of hydrogen-bond acceptors (Lipinski definition) is 4. The molecular formula is C30H40N2O3. The maximum Gasteiger partial charge on any atom is 0.120 e. The molecule has 1 aromatic heterocycles. The van der Waals surface area contributed by atoms with Crippen LogP contribution in [0.15, 0.2) is 48.7 Å². The van der Waals surface area contributed by atoms with Gasteiger partial charge >= 0.3 is 0 Å². The number of nitrogens with zero attached hydrogens (tertiary/aromatic N) is 2. The molecule has 5 rings (SSSR count). The topological polar surface area (TPSA) is 46.9 Å². The molecule has 5 nitrogen and oxygen atoms in total. The molecule has 188 valence electrons. The average molecular weight is 477 g/mol. The monoisotopic (exact) mass is 476 g/mol. The van der Waals surface area contributed by atoms with Gasteiger partial charge in [-0.1, -0.05) is 31.4 Å². The van der Waals surface area contributed by atoms with Crippen molar-refractivity contribution in [3.05, 3.63) is 59.8 Å². The smallest absolute Gasteiger partial charge is 0.120 e. The minimum atomic E-state index is -0.135. The zero-order chi connectivity index (χ0) is 24.0. The van der Waals surface area contributed by atoms with Gasteiger partial charge in [0.05, 0.1) is 19.8 Å². The number of ether oxygens (including phenoxy) is 2. The molecule has 5 heteroatoms. The van der Waals surface area contributed by atoms with Crippen LogP contribution in [0.5, 0.6) is 11.5 Å². The van der Waals surface area contributed by atoms with Gasteiger partial charge in [0.1, 0.15) is 11.5 Å². The summed E-state index contributed by atoms with van der Waals surface area (Å²) in [5.41, 5.74) is 3.96. The lowest BCUT2D eigenvalue weighted by Crippen LogP contribution is -2.35. The Labute approximate surface area is 209 Å². The summed E-state index contributed by atoms with van der Waals surface area (Å²) in [6.07, 6.45) is 11.7. The van der Waals surface area contributed by atoms with Crippen molar-refractivity contribution in [2.24, 2.45) is 5.92 Å². The van der Waals surface area contributed by atoms with Crippen LogP contribution in [-0.4, -0.2) is 47.5 Å². The molecule has 1 N–H and O–H groups in total. The van der Waals surface area contributed by atoms with Gasteiger partial charge in [-0.3, -0.25) is 4.90 Å². The van der Waals surface area contributed by atoms with Crippen LogP contribution in [0.2, 0.25) is 0 Å². The number of aliphatic hydroxyl groups excluding tert-OH is 1. The fraction of sp³-hybridized carbons (Fsp3) is 0.533. The van der Waals surface area contributed by atoms with Crippen molar-refractivity contribution in [2.75, 3.05) is 26.8 Å². The Hall–Kier alpha value is -2.50. The molecule has 35 heavy (non-hydrogen) atoms. The predicted octanol–water partition coefficient (Wildman–Crippen LogP) is 5.81. The first kappa shape index (κ1) is 24.2. The Kier molecular flexibility index (Phi) is 7.95. The van der Waals surface area contributed by atoms with Crippen LogP contribution in [-0.2, 0) is 19.5 Å². The second-order valence-electron chi connectivity index (χ2n) is 10.4. The third-order valence-electron chi connectivity index (χ3n) is 7.88. The van der Waals surface area contributed by atoms with Gasteiger partial charge in [0, 0.05) is 49.7 Å². The molecule has 2 aliphatic rings. The molecule has 0 atom stereocenters. The van der Waals surface area contributed by atoms with E-state index in [0.29, 0.717) is 6.61 Å². The second kappa shape index (κ2) is 11.5. The number of benzene rings is 2. The highest BCUT2D eigenvalue weighted by atomic mass is 16.5. The van der Waals surface area contributed by atoms with Crippen LogP contribution in [0.4, 0.5) is 0 Å². The summed E-state index contributed by atoms with van der Waals surface area (Å²) in [7, 11) is 1.69. The van der Waals surface area contributed by atoms with Gasteiger partial charge in [0.15, 0.2) is 0 Å². The van der Waals surface area contributed by atoms with E-state index in [9.17, 15) is 5.11 Å². The summed E-state index contributed by atoms with van der Waals surface area (Å²) in [5.74, 6) is 2.61. The lowest BCUT2D eigenvalue weighted by atomic mass is 9.89. The molecule has 3 aromatic rings. The van der Waals surface area contributed by atoms with E-state index in [0.717, 1.165) is 62.9 Å². The normalized spacial score (nSPS) is 18.2. The molecule has 0 bridgehead atoms. The minimum Gasteiger partial charge on any atom is -0.497 e. The summed E-state index contributed by atoms with van der Waals surface area (Å²) >= 11 is 0. The van der Waals surface area contributed by atoms with Crippen molar-refractivity contribution in [1.29, 1.82) is 0 Å². The molecule has 2 fully saturated rings. The number of likely N-dealkylation sites (tertiary alicyclic amines) is 1. The van der Waals surface area contributed by atoms with Crippen molar-refractivity contribution >= 4 is 10.9 Å². The van der Waals surface area contributed by atoms with E-state index in [4.69, 9.17) is 9.47 Å². The fourth-order valence-corrected chi connectivity index (χ4v) is 5.76. The molecule has 2 aromatic carbocycles. The highest BCUT2D eigenvalue weighted by Crippen LogP contribution is 2.31. The van der Waals surface area contributed by atoms with Gasteiger partial charge in [-0.15, -0.1) is 0 Å². The zero-order valence-corrected chi connectivity index (χ0v) is 21.1. The van der Waals surface area contributed by atoms with Gasteiger partial charge in [-0.25, -0.2) is 0 Å². The molecule has 0 unspecified atom stereocenters. The summed E-state index contributed by atoms with van der Waals surface area (Å²) in [6, 6.07) is 14.8. The highest BCUT2D eigenvalue weighted by Gasteiger charge is 2.21. The molecule has 1 saturated carbocycles. The molecule has 0 radical (unpaired) electrons. The molecule has 1 saturated heterocycles. The molecule has 1 aliphatic heterocycles. The Balaban J connectivity index is 1.31. The molecule has 0 amide bonds. The van der Waals surface area contributed by atoms with Crippen molar-refractivity contribution in [3.63, 3.8) is 0 Å². The Morgan fingerprint density at radius 3 is 2.40 bits per heavy atom. The van der Waals surface area contributed by atoms with Crippen molar-refractivity contribution in [2.45, 2.75) is 70.6 Å². The number of aromatic nitrogens is 1. The molecular weight excluding hydrogens is 436 g/mol. The predicted molar refractivity (Wildman–Crippen MR) is 141 cm³/mol. The van der Waals surface area contributed by atoms with Crippen molar-refractivity contribution in [3.8, 4) is 11.5 Å². The summed E-state index contributed by atoms with van der Waals surface area (Å²) < 4.78 is 14.0. The van der Waals surface area contributed by atoms with Crippen LogP contribution in [0.25, 0.3) is 10.9 Å². The van der Waals surface area contributed by atoms with E-state index >= 15 is 0 Å². The summed E-state index contributed by atoms with van der Waals surface area (Å²) in [5, 5.41) is 11.2. The maximum absolute atomic E-state index is 9.92. The van der Waals surface area contributed by atoms with Crippen LogP contribution in [0.1, 0.15) is 56.1 Å². The zero-order valence-electron chi connectivity index (χ0n) is 21.1. The number of hydrogen-bond donors (Lipinski definition) is 1. The van der Waals surface area contributed by atoms with E-state index in [1.807, 2.05) is 12.1 Å². The summed E-state index contributed by atoms with van der Waals surface area (Å²) in [6.45, 7) is 4.64. The SMILES string of the molecule is COc1ccc(CCOc2ccc3c(c2)c(CN2CCC(O)CC2)cn3CC2CCCCC2)cc1. The summed E-state index contributed by atoms with van der Waals surface area (Å²) in [4.78, 5) is 2.49. The first-order valence-electron chi connectivity index (χ1n) is 13.5. The molecule has 1 aliphatic carbocycles. The van der Waals surface area contributed by atoms with E-state index in [2.05, 4.69) is 46.0 Å². The van der Waals surface area contributed by atoms with Gasteiger partial charge in [0.2, 0.25) is 0 Å². The number of piperidine rings is 1. The number of rotatable bonds is 9. The Morgan fingerprint density at radius 2 is 1.66 bits per heavy atom. The number of methoxy groups -OCH3 is 1. The van der Waals surface area contributed by atoms with E-state index in [1.165, 1.54) is 54.1 Å². The van der Waals surface area contributed by atoms with Crippen LogP contribution in [0, 0.1) is 5.92 Å². The third kappa shape index (κ3) is 6.20. The van der Waals surface area contributed by atoms with Crippen molar-refractivity contribution in [1.82, 2.24) is 9.47 Å². The quantitative estimate of drug-likeness (QED) is 0.423. The maximum atomic E-state index is 9.92. The number of aliphatic hydroxyl groups is 1. The van der Waals surface area contributed by atoms with Crippen LogP contribution < -0.4 is 9.47 Å². The standard InChI is InChI=1S/C30H40N2O3/c1-34-27-9-7-23(8-10-27)15-18-35-28-11-12-30-29(19-28)25(21-31-16-13-26(33)14-17-31)22-32(30)20-24-5-3-2-4-6-24/h7-12,19,22,24,26,33H,2-6,13-18,20-21H2,1H3. The number of fused-ring (bicyclic) bond motifs is 1.